The summed E-state index contributed by atoms with van der Waals surface area (Å²) in [6.45, 7) is 4.91. The third-order valence-corrected chi connectivity index (χ3v) is 7.38. The summed E-state index contributed by atoms with van der Waals surface area (Å²) in [6, 6.07) is 5.72. The van der Waals surface area contributed by atoms with E-state index in [1.165, 1.54) is 0 Å². The molecule has 5 nitrogen and oxygen atoms in total. The van der Waals surface area contributed by atoms with Crippen LogP contribution in [0.25, 0.3) is 0 Å². The fraction of sp³-hybridized carbons (Fsp3) is 0.533. The molecule has 1 fully saturated rings. The van der Waals surface area contributed by atoms with Crippen LogP contribution in [0.3, 0.4) is 0 Å². The van der Waals surface area contributed by atoms with E-state index in [0.717, 1.165) is 10.0 Å². The highest BCUT2D eigenvalue weighted by atomic mass is 79.9. The number of nitrogens with one attached hydrogen (secondary N) is 1. The Morgan fingerprint density at radius 2 is 2.17 bits per heavy atom. The molecule has 0 unspecified atom stereocenters. The molecule has 0 bridgehead atoms. The molecule has 1 aliphatic rings. The molecule has 0 aromatic heterocycles. The molecule has 0 atom stereocenters. The Kier molecular flexibility index (Phi) is 5.63. The number of hydrogen-bond donors (Lipinski definition) is 1. The summed E-state index contributed by atoms with van der Waals surface area (Å²) in [5, 5.41) is 3.93. The van der Waals surface area contributed by atoms with E-state index in [1.807, 2.05) is 23.1 Å². The van der Waals surface area contributed by atoms with Crippen LogP contribution in [0.5, 0.6) is 0 Å². The summed E-state index contributed by atoms with van der Waals surface area (Å²) < 4.78 is 24.4. The molecule has 2 rings (SSSR count). The Hall–Kier alpha value is -0.790. The van der Waals surface area contributed by atoms with Crippen molar-refractivity contribution in [2.45, 2.75) is 25.1 Å². The van der Waals surface area contributed by atoms with Gasteiger partial charge in [0.1, 0.15) is 0 Å². The van der Waals surface area contributed by atoms with Crippen LogP contribution >= 0.6 is 27.5 Å². The smallest absolute Gasteiger partial charge is 0.193 e. The van der Waals surface area contributed by atoms with Crippen molar-refractivity contribution in [2.75, 3.05) is 25.9 Å². The molecule has 0 aliphatic carbocycles. The lowest BCUT2D eigenvalue weighted by molar-refractivity contribution is 0.353. The number of aliphatic imine (C=N–C) groups is 1. The number of guanidine groups is 1. The maximum atomic E-state index is 12.1. The van der Waals surface area contributed by atoms with Gasteiger partial charge in [0.25, 0.3) is 0 Å². The van der Waals surface area contributed by atoms with Crippen LogP contribution in [0.15, 0.2) is 27.7 Å². The van der Waals surface area contributed by atoms with Crippen molar-refractivity contribution in [3.05, 3.63) is 33.3 Å². The van der Waals surface area contributed by atoms with E-state index < -0.39 is 14.6 Å². The molecule has 128 valence electrons. The highest BCUT2D eigenvalue weighted by Gasteiger charge is 2.40. The first-order valence-electron chi connectivity index (χ1n) is 7.28. The molecule has 0 radical (unpaired) electrons. The number of hydrogen-bond acceptors (Lipinski definition) is 3. The van der Waals surface area contributed by atoms with E-state index in [-0.39, 0.29) is 5.75 Å². The van der Waals surface area contributed by atoms with E-state index >= 15 is 0 Å². The van der Waals surface area contributed by atoms with E-state index in [4.69, 9.17) is 11.6 Å². The van der Waals surface area contributed by atoms with Gasteiger partial charge in [-0.25, -0.2) is 8.42 Å². The van der Waals surface area contributed by atoms with Gasteiger partial charge in [-0.3, -0.25) is 4.99 Å². The minimum atomic E-state index is -3.07. The SMILES string of the molecule is CN=C(NCc1ccc(Br)cc1Cl)N1CCS(=O)(=O)C(C)(C)C1. The average molecular weight is 423 g/mol. The first-order valence-corrected chi connectivity index (χ1v) is 10.1. The quantitative estimate of drug-likeness (QED) is 0.588. The van der Waals surface area contributed by atoms with Gasteiger partial charge in [-0.1, -0.05) is 33.6 Å². The predicted molar refractivity (Wildman–Crippen MR) is 98.8 cm³/mol. The lowest BCUT2D eigenvalue weighted by Gasteiger charge is -2.39. The molecule has 23 heavy (non-hydrogen) atoms. The zero-order valence-corrected chi connectivity index (χ0v) is 16.6. The Labute approximate surface area is 151 Å². The van der Waals surface area contributed by atoms with Gasteiger partial charge in [0.15, 0.2) is 15.8 Å². The minimum Gasteiger partial charge on any atom is -0.352 e. The van der Waals surface area contributed by atoms with Crippen LogP contribution in [-0.4, -0.2) is 49.9 Å². The zero-order chi connectivity index (χ0) is 17.3. The number of nitrogens with zero attached hydrogens (tertiary/aromatic N) is 2. The summed E-state index contributed by atoms with van der Waals surface area (Å²) in [7, 11) is -1.37. The first-order chi connectivity index (χ1) is 10.7. The van der Waals surface area contributed by atoms with Crippen molar-refractivity contribution in [3.63, 3.8) is 0 Å². The monoisotopic (exact) mass is 421 g/mol. The third-order valence-electron chi connectivity index (χ3n) is 4.01. The molecule has 8 heteroatoms. The van der Waals surface area contributed by atoms with Crippen LogP contribution in [0.4, 0.5) is 0 Å². The second-order valence-electron chi connectivity index (χ2n) is 6.14. The fourth-order valence-corrected chi connectivity index (χ4v) is 4.60. The summed E-state index contributed by atoms with van der Waals surface area (Å²) in [4.78, 5) is 6.25. The van der Waals surface area contributed by atoms with E-state index in [1.54, 1.807) is 20.9 Å². The number of halogens is 2. The van der Waals surface area contributed by atoms with Crippen molar-refractivity contribution >= 4 is 43.3 Å². The molecular weight excluding hydrogens is 402 g/mol. The van der Waals surface area contributed by atoms with Crippen LogP contribution < -0.4 is 5.32 Å². The van der Waals surface area contributed by atoms with Crippen LogP contribution in [0.1, 0.15) is 19.4 Å². The minimum absolute atomic E-state index is 0.139. The van der Waals surface area contributed by atoms with Gasteiger partial charge in [-0.15, -0.1) is 0 Å². The van der Waals surface area contributed by atoms with Crippen LogP contribution in [0.2, 0.25) is 5.02 Å². The van der Waals surface area contributed by atoms with Gasteiger partial charge in [0.2, 0.25) is 0 Å². The second-order valence-corrected chi connectivity index (χ2v) is 10.2. The van der Waals surface area contributed by atoms with Gasteiger partial charge in [-0.2, -0.15) is 0 Å². The van der Waals surface area contributed by atoms with Gasteiger partial charge in [-0.05, 0) is 31.5 Å². The first kappa shape index (κ1) is 18.5. The molecule has 1 aromatic carbocycles. The summed E-state index contributed by atoms with van der Waals surface area (Å²) in [5.41, 5.74) is 0.958. The predicted octanol–water partition coefficient (Wildman–Crippen LogP) is 2.69. The lowest BCUT2D eigenvalue weighted by Crippen LogP contribution is -2.57. The Balaban J connectivity index is 2.07. The van der Waals surface area contributed by atoms with Gasteiger partial charge < -0.3 is 10.2 Å². The lowest BCUT2D eigenvalue weighted by atomic mass is 10.2. The summed E-state index contributed by atoms with van der Waals surface area (Å²) >= 11 is 9.60. The average Bonchev–Trinajstić information content (AvgIpc) is 2.45. The maximum Gasteiger partial charge on any atom is 0.193 e. The molecular formula is C15H21BrClN3O2S. The second kappa shape index (κ2) is 6.99. The highest BCUT2D eigenvalue weighted by molar-refractivity contribution is 9.10. The third kappa shape index (κ3) is 4.19. The van der Waals surface area contributed by atoms with Crippen molar-refractivity contribution in [1.29, 1.82) is 0 Å². The summed E-state index contributed by atoms with van der Waals surface area (Å²) in [6.07, 6.45) is 0. The van der Waals surface area contributed by atoms with Gasteiger partial charge in [0.05, 0.1) is 10.5 Å². The van der Waals surface area contributed by atoms with Gasteiger partial charge in [0, 0.05) is 36.2 Å². The maximum absolute atomic E-state index is 12.1. The zero-order valence-electron chi connectivity index (χ0n) is 13.4. The van der Waals surface area contributed by atoms with E-state index in [0.29, 0.717) is 30.6 Å². The molecule has 0 saturated carbocycles. The van der Waals surface area contributed by atoms with Crippen molar-refractivity contribution < 1.29 is 8.42 Å². The van der Waals surface area contributed by atoms with E-state index in [2.05, 4.69) is 26.2 Å². The number of rotatable bonds is 2. The topological polar surface area (TPSA) is 61.8 Å². The van der Waals surface area contributed by atoms with Crippen LogP contribution in [-0.2, 0) is 16.4 Å². The Morgan fingerprint density at radius 1 is 1.48 bits per heavy atom. The molecule has 1 aliphatic heterocycles. The van der Waals surface area contributed by atoms with E-state index in [9.17, 15) is 8.42 Å². The molecule has 1 heterocycles. The normalized spacial score (nSPS) is 20.4. The molecule has 0 spiro atoms. The van der Waals surface area contributed by atoms with Gasteiger partial charge >= 0.3 is 0 Å². The number of benzene rings is 1. The Bertz CT molecular complexity index is 719. The fourth-order valence-electron chi connectivity index (χ4n) is 2.50. The van der Waals surface area contributed by atoms with Crippen molar-refractivity contribution in [1.82, 2.24) is 10.2 Å². The Morgan fingerprint density at radius 3 is 2.74 bits per heavy atom. The largest absolute Gasteiger partial charge is 0.352 e. The molecule has 0 amide bonds. The number of sulfone groups is 1. The standard InChI is InChI=1S/C15H21BrClN3O2S/c1-15(2)10-20(6-7-23(15,21)22)14(18-3)19-9-11-4-5-12(16)8-13(11)17/h4-5,8H,6-7,9-10H2,1-3H3,(H,18,19). The molecule has 1 saturated heterocycles. The van der Waals surface area contributed by atoms with Crippen LogP contribution in [0, 0.1) is 0 Å². The van der Waals surface area contributed by atoms with Crippen molar-refractivity contribution in [3.8, 4) is 0 Å². The molecule has 1 aromatic rings. The summed E-state index contributed by atoms with van der Waals surface area (Å²) in [5.74, 6) is 0.826. The van der Waals surface area contributed by atoms with Crippen molar-refractivity contribution in [2.24, 2.45) is 4.99 Å². The molecule has 1 N–H and O–H groups in total. The highest BCUT2D eigenvalue weighted by Crippen LogP contribution is 2.24.